The first kappa shape index (κ1) is 22.2. The number of aromatic nitrogens is 1. The quantitative estimate of drug-likeness (QED) is 0.670. The van der Waals surface area contributed by atoms with Crippen molar-refractivity contribution >= 4 is 33.2 Å². The van der Waals surface area contributed by atoms with E-state index in [0.29, 0.717) is 28.5 Å². The first-order valence-corrected chi connectivity index (χ1v) is 11.9. The molecule has 1 aromatic carbocycles. The molecule has 0 bridgehead atoms. The predicted octanol–water partition coefficient (Wildman–Crippen LogP) is 2.34. The van der Waals surface area contributed by atoms with Crippen molar-refractivity contribution in [1.82, 2.24) is 15.3 Å². The molecule has 166 valence electrons. The van der Waals surface area contributed by atoms with Gasteiger partial charge in [0.1, 0.15) is 0 Å². The fourth-order valence-corrected chi connectivity index (χ4v) is 5.04. The molecule has 0 saturated heterocycles. The number of hydrogen-bond donors (Lipinski definition) is 2. The maximum Gasteiger partial charge on any atom is 0.235 e. The Morgan fingerprint density at radius 1 is 1.19 bits per heavy atom. The lowest BCUT2D eigenvalue weighted by Gasteiger charge is -2.27. The number of allylic oxidation sites excluding steroid dienone is 2. The summed E-state index contributed by atoms with van der Waals surface area (Å²) in [5.41, 5.74) is 2.52. The minimum Gasteiger partial charge on any atom is -0.326 e. The molecule has 0 saturated carbocycles. The molecule has 0 radical (unpaired) electrons. The van der Waals surface area contributed by atoms with E-state index in [4.69, 9.17) is 16.7 Å². The summed E-state index contributed by atoms with van der Waals surface area (Å²) < 4.78 is 24.8. The van der Waals surface area contributed by atoms with Gasteiger partial charge >= 0.3 is 0 Å². The highest BCUT2D eigenvalue weighted by atomic mass is 35.5. The Morgan fingerprint density at radius 2 is 1.91 bits per heavy atom. The summed E-state index contributed by atoms with van der Waals surface area (Å²) in [7, 11) is -4.01. The van der Waals surface area contributed by atoms with Crippen molar-refractivity contribution in [3.63, 3.8) is 0 Å². The van der Waals surface area contributed by atoms with E-state index in [1.807, 2.05) is 24.1 Å². The zero-order valence-corrected chi connectivity index (χ0v) is 18.8. The molecule has 2 aliphatic rings. The Kier molecular flexibility index (Phi) is 6.14. The molecule has 3 N–H and O–H groups in total. The van der Waals surface area contributed by atoms with Crippen molar-refractivity contribution in [3.05, 3.63) is 87.7 Å². The normalized spacial score (nSPS) is 20.2. The van der Waals surface area contributed by atoms with Gasteiger partial charge in [-0.25, -0.2) is 13.6 Å². The molecule has 8 nitrogen and oxygen atoms in total. The zero-order valence-electron chi connectivity index (χ0n) is 17.3. The Morgan fingerprint density at radius 3 is 2.59 bits per heavy atom. The molecule has 32 heavy (non-hydrogen) atoms. The third kappa shape index (κ3) is 4.74. The summed E-state index contributed by atoms with van der Waals surface area (Å²) in [6.07, 6.45) is 6.54. The van der Waals surface area contributed by atoms with Crippen LogP contribution >= 0.6 is 11.6 Å². The van der Waals surface area contributed by atoms with Crippen molar-refractivity contribution in [1.29, 1.82) is 0 Å². The lowest BCUT2D eigenvalue weighted by Crippen LogP contribution is -2.37. The second-order valence-electron chi connectivity index (χ2n) is 7.70. The number of nitrogens with one attached hydrogen (secondary N) is 1. The van der Waals surface area contributed by atoms with Gasteiger partial charge < -0.3 is 5.32 Å². The number of carbonyl (C=O) groups is 1. The SMILES string of the molecule is CC1C2C(S(N)(=O)=O)=CC(NC(=O)Cc3ccccc3Cl)=CC2=NN1Cc1ccncc1. The Labute approximate surface area is 191 Å². The molecule has 2 heterocycles. The van der Waals surface area contributed by atoms with Gasteiger partial charge in [0.05, 0.1) is 35.5 Å². The lowest BCUT2D eigenvalue weighted by atomic mass is 9.91. The van der Waals surface area contributed by atoms with E-state index in [1.165, 1.54) is 6.08 Å². The summed E-state index contributed by atoms with van der Waals surface area (Å²) in [6.45, 7) is 2.39. The third-order valence-corrected chi connectivity index (χ3v) is 6.84. The molecule has 4 rings (SSSR count). The molecule has 1 amide bonds. The summed E-state index contributed by atoms with van der Waals surface area (Å²) in [5.74, 6) is -0.843. The highest BCUT2D eigenvalue weighted by Gasteiger charge is 2.41. The molecule has 1 aliphatic carbocycles. The maximum atomic E-state index is 12.6. The van der Waals surface area contributed by atoms with Crippen molar-refractivity contribution in [2.75, 3.05) is 0 Å². The van der Waals surface area contributed by atoms with Gasteiger partial charge in [0.2, 0.25) is 15.9 Å². The van der Waals surface area contributed by atoms with Crippen LogP contribution in [-0.4, -0.2) is 36.1 Å². The number of nitrogens with two attached hydrogens (primary N) is 1. The van der Waals surface area contributed by atoms with Crippen LogP contribution in [0.15, 0.2) is 76.6 Å². The number of primary sulfonamides is 1. The van der Waals surface area contributed by atoms with Crippen LogP contribution in [0.4, 0.5) is 0 Å². The van der Waals surface area contributed by atoms with Gasteiger partial charge in [0.15, 0.2) is 0 Å². The number of sulfonamides is 1. The lowest BCUT2D eigenvalue weighted by molar-refractivity contribution is -0.119. The summed E-state index contributed by atoms with van der Waals surface area (Å²) >= 11 is 6.13. The highest BCUT2D eigenvalue weighted by Crippen LogP contribution is 2.35. The largest absolute Gasteiger partial charge is 0.326 e. The molecular formula is C22H22ClN5O3S. The van der Waals surface area contributed by atoms with Gasteiger partial charge in [-0.3, -0.25) is 14.8 Å². The van der Waals surface area contributed by atoms with E-state index in [1.54, 1.807) is 42.7 Å². The van der Waals surface area contributed by atoms with Crippen LogP contribution in [0.25, 0.3) is 0 Å². The van der Waals surface area contributed by atoms with Crippen LogP contribution in [-0.2, 0) is 27.8 Å². The Balaban J connectivity index is 1.59. The van der Waals surface area contributed by atoms with Gasteiger partial charge in [-0.1, -0.05) is 29.8 Å². The number of hydrazone groups is 1. The van der Waals surface area contributed by atoms with E-state index < -0.39 is 15.9 Å². The number of amides is 1. The van der Waals surface area contributed by atoms with E-state index in [2.05, 4.69) is 15.4 Å². The fraction of sp³-hybridized carbons (Fsp3) is 0.227. The maximum absolute atomic E-state index is 12.6. The molecule has 2 unspecified atom stereocenters. The number of pyridine rings is 1. The van der Waals surface area contributed by atoms with E-state index >= 15 is 0 Å². The average molecular weight is 472 g/mol. The van der Waals surface area contributed by atoms with Gasteiger partial charge in [0, 0.05) is 23.1 Å². The van der Waals surface area contributed by atoms with Crippen LogP contribution in [0, 0.1) is 5.92 Å². The first-order valence-electron chi connectivity index (χ1n) is 9.96. The monoisotopic (exact) mass is 471 g/mol. The van der Waals surface area contributed by atoms with E-state index in [0.717, 1.165) is 5.56 Å². The van der Waals surface area contributed by atoms with Crippen LogP contribution in [0.3, 0.4) is 0 Å². The molecular weight excluding hydrogens is 450 g/mol. The highest BCUT2D eigenvalue weighted by molar-refractivity contribution is 7.93. The van der Waals surface area contributed by atoms with Crippen molar-refractivity contribution < 1.29 is 13.2 Å². The number of halogens is 1. The molecule has 10 heteroatoms. The number of rotatable bonds is 6. The van der Waals surface area contributed by atoms with Crippen LogP contribution in [0.5, 0.6) is 0 Å². The summed E-state index contributed by atoms with van der Waals surface area (Å²) in [6, 6.07) is 10.6. The topological polar surface area (TPSA) is 118 Å². The van der Waals surface area contributed by atoms with E-state index in [9.17, 15) is 13.2 Å². The van der Waals surface area contributed by atoms with Crippen molar-refractivity contribution in [2.45, 2.75) is 25.9 Å². The number of benzene rings is 1. The number of carbonyl (C=O) groups excluding carboxylic acids is 1. The molecule has 1 aliphatic heterocycles. The van der Waals surface area contributed by atoms with Crippen molar-refractivity contribution in [2.24, 2.45) is 16.2 Å². The van der Waals surface area contributed by atoms with Crippen molar-refractivity contribution in [3.8, 4) is 0 Å². The Bertz CT molecular complexity index is 1240. The molecule has 2 atom stereocenters. The molecule has 0 spiro atoms. The van der Waals surface area contributed by atoms with Crippen LogP contribution in [0.1, 0.15) is 18.1 Å². The molecule has 2 aromatic rings. The number of hydrogen-bond acceptors (Lipinski definition) is 6. The minimum absolute atomic E-state index is 0.0246. The standard InChI is InChI=1S/C22H22ClN5O3S/c1-14-22-19(27-28(14)13-15-6-8-25-9-7-15)11-17(12-20(22)32(24,30)31)26-21(29)10-16-4-2-3-5-18(16)23/h2-9,11-12,14,22H,10,13H2,1H3,(H,26,29)(H2,24,30,31). The summed E-state index contributed by atoms with van der Waals surface area (Å²) in [5, 5.41) is 15.2. The van der Waals surface area contributed by atoms with Gasteiger partial charge in [-0.2, -0.15) is 5.10 Å². The predicted molar refractivity (Wildman–Crippen MR) is 123 cm³/mol. The average Bonchev–Trinajstić information content (AvgIpc) is 3.04. The Hall–Kier alpha value is -3.01. The second-order valence-corrected chi connectivity index (χ2v) is 9.67. The van der Waals surface area contributed by atoms with E-state index in [-0.39, 0.29) is 23.3 Å². The zero-order chi connectivity index (χ0) is 22.9. The smallest absolute Gasteiger partial charge is 0.235 e. The first-order chi connectivity index (χ1) is 15.2. The van der Waals surface area contributed by atoms with Gasteiger partial charge in [-0.15, -0.1) is 0 Å². The second kappa shape index (κ2) is 8.85. The van der Waals surface area contributed by atoms with Crippen LogP contribution in [0.2, 0.25) is 5.02 Å². The number of nitrogens with zero attached hydrogens (tertiary/aromatic N) is 3. The van der Waals surface area contributed by atoms with Crippen LogP contribution < -0.4 is 10.5 Å². The molecule has 0 fully saturated rings. The number of fused-ring (bicyclic) bond motifs is 1. The van der Waals surface area contributed by atoms with Gasteiger partial charge in [-0.05, 0) is 48.4 Å². The fourth-order valence-electron chi connectivity index (χ4n) is 3.87. The minimum atomic E-state index is -4.01. The van der Waals surface area contributed by atoms with Gasteiger partial charge in [0.25, 0.3) is 0 Å². The third-order valence-electron chi connectivity index (χ3n) is 5.44. The summed E-state index contributed by atoms with van der Waals surface area (Å²) in [4.78, 5) is 16.6. The molecule has 1 aromatic heterocycles.